The maximum absolute atomic E-state index is 10.9. The maximum Gasteiger partial charge on any atom is 0.248 e. The topological polar surface area (TPSA) is 85.4 Å². The first-order chi connectivity index (χ1) is 9.60. The zero-order chi connectivity index (χ0) is 14.5. The summed E-state index contributed by atoms with van der Waals surface area (Å²) in [5.74, 6) is 0.667. The summed E-state index contributed by atoms with van der Waals surface area (Å²) < 4.78 is 5.59. The van der Waals surface area contributed by atoms with Crippen LogP contribution in [-0.4, -0.2) is 16.0 Å². The molecule has 0 saturated heterocycles. The Hall–Kier alpha value is -2.40. The van der Waals surface area contributed by atoms with E-state index in [4.69, 9.17) is 10.5 Å². The molecule has 0 bridgehead atoms. The highest BCUT2D eigenvalue weighted by Gasteiger charge is 2.07. The first-order valence-corrected chi connectivity index (χ1v) is 6.32. The molecule has 0 saturated carbocycles. The molecule has 104 valence electrons. The molecule has 0 spiro atoms. The molecule has 20 heavy (non-hydrogen) atoms. The molecule has 0 fully saturated rings. The van der Waals surface area contributed by atoms with Crippen LogP contribution in [0.15, 0.2) is 42.6 Å². The average Bonchev–Trinajstić information content (AvgIpc) is 2.48. The van der Waals surface area contributed by atoms with Gasteiger partial charge < -0.3 is 15.6 Å². The molecule has 0 aliphatic heterocycles. The van der Waals surface area contributed by atoms with E-state index < -0.39 is 12.0 Å². The Morgan fingerprint density at radius 1 is 1.25 bits per heavy atom. The second kappa shape index (κ2) is 6.16. The lowest BCUT2D eigenvalue weighted by Gasteiger charge is -2.09. The van der Waals surface area contributed by atoms with E-state index in [-0.39, 0.29) is 0 Å². The van der Waals surface area contributed by atoms with Crippen LogP contribution in [0.5, 0.6) is 11.5 Å². The van der Waals surface area contributed by atoms with Crippen molar-refractivity contribution >= 4 is 5.91 Å². The number of aromatic nitrogens is 1. The van der Waals surface area contributed by atoms with Crippen molar-refractivity contribution in [2.24, 2.45) is 5.73 Å². The molecule has 2 rings (SSSR count). The van der Waals surface area contributed by atoms with Gasteiger partial charge in [-0.25, -0.2) is 0 Å². The minimum absolute atomic E-state index is 0.428. The summed E-state index contributed by atoms with van der Waals surface area (Å²) >= 11 is 0. The van der Waals surface area contributed by atoms with Gasteiger partial charge in [-0.15, -0.1) is 0 Å². The number of nitrogens with zero attached hydrogens (tertiary/aromatic N) is 1. The third-order valence-corrected chi connectivity index (χ3v) is 2.86. The lowest BCUT2D eigenvalue weighted by Crippen LogP contribution is -2.10. The number of primary amides is 1. The zero-order valence-corrected chi connectivity index (χ0v) is 11.1. The molecular weight excluding hydrogens is 256 g/mol. The van der Waals surface area contributed by atoms with Crippen LogP contribution in [0.1, 0.15) is 35.5 Å². The van der Waals surface area contributed by atoms with Gasteiger partial charge in [0, 0.05) is 5.56 Å². The highest BCUT2D eigenvalue weighted by molar-refractivity contribution is 5.92. The number of pyridine rings is 1. The van der Waals surface area contributed by atoms with Crippen molar-refractivity contribution in [3.63, 3.8) is 0 Å². The third kappa shape index (κ3) is 3.33. The van der Waals surface area contributed by atoms with E-state index in [9.17, 15) is 9.90 Å². The normalized spacial score (nSPS) is 11.9. The van der Waals surface area contributed by atoms with Crippen LogP contribution in [0.4, 0.5) is 0 Å². The first kappa shape index (κ1) is 14.0. The molecule has 3 N–H and O–H groups in total. The summed E-state index contributed by atoms with van der Waals surface area (Å²) in [6.07, 6.45) is 1.61. The largest absolute Gasteiger partial charge is 0.456 e. The lowest BCUT2D eigenvalue weighted by atomic mass is 10.2. The fourth-order valence-corrected chi connectivity index (χ4v) is 1.68. The SMILES string of the molecule is CC[C@@H](O)c1ccc(Oc2ccc(C(N)=O)cc2)cn1. The summed E-state index contributed by atoms with van der Waals surface area (Å²) in [6.45, 7) is 1.89. The van der Waals surface area contributed by atoms with Crippen LogP contribution in [-0.2, 0) is 0 Å². The summed E-state index contributed by atoms with van der Waals surface area (Å²) in [5, 5.41) is 9.65. The van der Waals surface area contributed by atoms with Gasteiger partial charge in [0.05, 0.1) is 18.0 Å². The van der Waals surface area contributed by atoms with Gasteiger partial charge in [-0.1, -0.05) is 6.92 Å². The van der Waals surface area contributed by atoms with E-state index in [2.05, 4.69) is 4.98 Å². The van der Waals surface area contributed by atoms with E-state index in [1.54, 1.807) is 42.6 Å². The van der Waals surface area contributed by atoms with Crippen molar-refractivity contribution in [1.29, 1.82) is 0 Å². The number of amides is 1. The molecular formula is C15H16N2O3. The van der Waals surface area contributed by atoms with Gasteiger partial charge in [0.25, 0.3) is 0 Å². The number of carbonyl (C=O) groups is 1. The van der Waals surface area contributed by atoms with Crippen LogP contribution in [0, 0.1) is 0 Å². The van der Waals surface area contributed by atoms with Crippen molar-refractivity contribution in [1.82, 2.24) is 4.98 Å². The molecule has 1 heterocycles. The predicted molar refractivity (Wildman–Crippen MR) is 74.5 cm³/mol. The van der Waals surface area contributed by atoms with Gasteiger partial charge in [-0.2, -0.15) is 0 Å². The van der Waals surface area contributed by atoms with Gasteiger partial charge in [0.2, 0.25) is 5.91 Å². The molecule has 1 aromatic heterocycles. The number of hydrogen-bond donors (Lipinski definition) is 2. The summed E-state index contributed by atoms with van der Waals surface area (Å²) in [6, 6.07) is 9.98. The Morgan fingerprint density at radius 2 is 1.90 bits per heavy atom. The van der Waals surface area contributed by atoms with Crippen molar-refractivity contribution in [3.05, 3.63) is 53.9 Å². The van der Waals surface area contributed by atoms with Crippen LogP contribution in [0.25, 0.3) is 0 Å². The van der Waals surface area contributed by atoms with E-state index in [0.717, 1.165) is 0 Å². The smallest absolute Gasteiger partial charge is 0.248 e. The molecule has 0 radical (unpaired) electrons. The Balaban J connectivity index is 2.08. The second-order valence-electron chi connectivity index (χ2n) is 4.33. The highest BCUT2D eigenvalue weighted by Crippen LogP contribution is 2.22. The number of nitrogens with two attached hydrogens (primary N) is 1. The van der Waals surface area contributed by atoms with E-state index in [0.29, 0.717) is 29.2 Å². The van der Waals surface area contributed by atoms with E-state index >= 15 is 0 Å². The molecule has 0 aliphatic rings. The quantitative estimate of drug-likeness (QED) is 0.875. The van der Waals surface area contributed by atoms with Crippen molar-refractivity contribution < 1.29 is 14.6 Å². The number of rotatable bonds is 5. The van der Waals surface area contributed by atoms with Crippen LogP contribution in [0.3, 0.4) is 0 Å². The van der Waals surface area contributed by atoms with Crippen LogP contribution < -0.4 is 10.5 Å². The molecule has 1 atom stereocenters. The Labute approximate surface area is 117 Å². The molecule has 0 aliphatic carbocycles. The second-order valence-corrected chi connectivity index (χ2v) is 4.33. The fourth-order valence-electron chi connectivity index (χ4n) is 1.68. The molecule has 1 amide bonds. The predicted octanol–water partition coefficient (Wildman–Crippen LogP) is 2.42. The minimum Gasteiger partial charge on any atom is -0.456 e. The number of ether oxygens (including phenoxy) is 1. The Bertz CT molecular complexity index is 579. The molecule has 2 aromatic rings. The molecule has 5 heteroatoms. The summed E-state index contributed by atoms with van der Waals surface area (Å²) in [7, 11) is 0. The molecule has 0 unspecified atom stereocenters. The Kier molecular flexibility index (Phi) is 4.32. The molecule has 5 nitrogen and oxygen atoms in total. The van der Waals surface area contributed by atoms with Gasteiger partial charge in [-0.3, -0.25) is 9.78 Å². The average molecular weight is 272 g/mol. The monoisotopic (exact) mass is 272 g/mol. The van der Waals surface area contributed by atoms with Gasteiger partial charge in [0.1, 0.15) is 11.5 Å². The third-order valence-electron chi connectivity index (χ3n) is 2.86. The van der Waals surface area contributed by atoms with E-state index in [1.165, 1.54) is 0 Å². The Morgan fingerprint density at radius 3 is 2.40 bits per heavy atom. The fraction of sp³-hybridized carbons (Fsp3) is 0.200. The van der Waals surface area contributed by atoms with Gasteiger partial charge in [0.15, 0.2) is 0 Å². The zero-order valence-electron chi connectivity index (χ0n) is 11.1. The highest BCUT2D eigenvalue weighted by atomic mass is 16.5. The van der Waals surface area contributed by atoms with Gasteiger partial charge >= 0.3 is 0 Å². The summed E-state index contributed by atoms with van der Waals surface area (Å²) in [4.78, 5) is 15.1. The lowest BCUT2D eigenvalue weighted by molar-refractivity contribution is 0.100. The first-order valence-electron chi connectivity index (χ1n) is 6.32. The maximum atomic E-state index is 10.9. The van der Waals surface area contributed by atoms with E-state index in [1.807, 2.05) is 6.92 Å². The number of hydrogen-bond acceptors (Lipinski definition) is 4. The van der Waals surface area contributed by atoms with Crippen LogP contribution in [0.2, 0.25) is 0 Å². The van der Waals surface area contributed by atoms with Crippen molar-refractivity contribution in [2.75, 3.05) is 0 Å². The standard InChI is InChI=1S/C15H16N2O3/c1-2-14(18)13-8-7-12(9-17-13)20-11-5-3-10(4-6-11)15(16)19/h3-9,14,18H,2H2,1H3,(H2,16,19)/t14-/m1/s1. The number of aliphatic hydroxyl groups is 1. The van der Waals surface area contributed by atoms with Crippen molar-refractivity contribution in [2.45, 2.75) is 19.4 Å². The molecule has 1 aromatic carbocycles. The minimum atomic E-state index is -0.557. The van der Waals surface area contributed by atoms with Crippen LogP contribution >= 0.6 is 0 Å². The number of benzene rings is 1. The summed E-state index contributed by atoms with van der Waals surface area (Å²) in [5.41, 5.74) is 6.20. The number of aliphatic hydroxyl groups excluding tert-OH is 1. The van der Waals surface area contributed by atoms with Crippen molar-refractivity contribution in [3.8, 4) is 11.5 Å². The van der Waals surface area contributed by atoms with Gasteiger partial charge in [-0.05, 0) is 42.8 Å². The number of carbonyl (C=O) groups excluding carboxylic acids is 1.